The summed E-state index contributed by atoms with van der Waals surface area (Å²) in [5.41, 5.74) is 2.64. The quantitative estimate of drug-likeness (QED) is 0.335. The van der Waals surface area contributed by atoms with E-state index in [0.717, 1.165) is 5.84 Å². The van der Waals surface area contributed by atoms with Gasteiger partial charge in [0.2, 0.25) is 0 Å². The molecule has 0 unspecified atom stereocenters. The van der Waals surface area contributed by atoms with Crippen molar-refractivity contribution in [2.75, 3.05) is 0 Å². The molecule has 0 saturated carbocycles. The second-order valence-corrected chi connectivity index (χ2v) is 2.08. The van der Waals surface area contributed by atoms with Crippen molar-refractivity contribution in [1.29, 1.82) is 0 Å². The van der Waals surface area contributed by atoms with Gasteiger partial charge in [-0.3, -0.25) is 10.4 Å². The third-order valence-corrected chi connectivity index (χ3v) is 0.693. The highest BCUT2D eigenvalue weighted by Gasteiger charge is 1.87. The maximum atomic E-state index is 4.14. The Kier molecular flexibility index (Phi) is 3.67. The van der Waals surface area contributed by atoms with Crippen LogP contribution in [0.5, 0.6) is 0 Å². The summed E-state index contributed by atoms with van der Waals surface area (Å²) in [5, 5.41) is 3.46. The van der Waals surface area contributed by atoms with Crippen LogP contribution in [0.15, 0.2) is 10.1 Å². The Morgan fingerprint density at radius 3 is 2.44 bits per heavy atom. The van der Waals surface area contributed by atoms with Gasteiger partial charge in [0.05, 0.1) is 0 Å². The molecule has 0 bridgehead atoms. The van der Waals surface area contributed by atoms with E-state index >= 15 is 0 Å². The average Bonchev–Trinajstić information content (AvgIpc) is 1.63. The summed E-state index contributed by atoms with van der Waals surface area (Å²) < 4.78 is 0. The van der Waals surface area contributed by atoms with Crippen molar-refractivity contribution in [3.05, 3.63) is 0 Å². The van der Waals surface area contributed by atoms with Gasteiger partial charge in [-0.05, 0) is 20.8 Å². The molecule has 0 heterocycles. The van der Waals surface area contributed by atoms with Gasteiger partial charge in [-0.15, -0.1) is 0 Å². The first-order valence-corrected chi connectivity index (χ1v) is 2.93. The molecule has 0 rings (SSSR count). The lowest BCUT2D eigenvalue weighted by Crippen LogP contribution is -2.14. The number of amidine groups is 1. The first-order valence-electron chi connectivity index (χ1n) is 2.93. The lowest BCUT2D eigenvalue weighted by molar-refractivity contribution is 0.819. The van der Waals surface area contributed by atoms with Crippen molar-refractivity contribution < 1.29 is 0 Å². The molecular weight excluding hydrogens is 114 g/mol. The van der Waals surface area contributed by atoms with Gasteiger partial charge in [-0.1, -0.05) is 0 Å². The number of nitrogens with one attached hydrogen (secondary N) is 1. The Morgan fingerprint density at radius 1 is 1.56 bits per heavy atom. The SMILES string of the molecule is C=NNC(C)=NC(C)C. The molecule has 0 fully saturated rings. The van der Waals surface area contributed by atoms with Crippen molar-refractivity contribution in [2.24, 2.45) is 10.1 Å². The molecule has 0 aromatic rings. The van der Waals surface area contributed by atoms with Crippen LogP contribution in [0.25, 0.3) is 0 Å². The first-order chi connectivity index (χ1) is 4.16. The van der Waals surface area contributed by atoms with Crippen LogP contribution in [-0.2, 0) is 0 Å². The van der Waals surface area contributed by atoms with E-state index in [1.165, 1.54) is 0 Å². The smallest absolute Gasteiger partial charge is 0.114 e. The van der Waals surface area contributed by atoms with Crippen LogP contribution >= 0.6 is 0 Å². The highest BCUT2D eigenvalue weighted by atomic mass is 15.3. The second kappa shape index (κ2) is 4.06. The van der Waals surface area contributed by atoms with Crippen LogP contribution in [0, 0.1) is 0 Å². The molecule has 0 aromatic carbocycles. The fourth-order valence-electron chi connectivity index (χ4n) is 0.531. The molecule has 0 radical (unpaired) electrons. The lowest BCUT2D eigenvalue weighted by atomic mass is 10.4. The number of rotatable bonds is 2. The van der Waals surface area contributed by atoms with Gasteiger partial charge in [0.15, 0.2) is 0 Å². The molecule has 0 atom stereocenters. The van der Waals surface area contributed by atoms with Crippen LogP contribution in [0.1, 0.15) is 20.8 Å². The molecule has 0 aliphatic heterocycles. The normalized spacial score (nSPS) is 11.8. The van der Waals surface area contributed by atoms with Crippen LogP contribution in [0.3, 0.4) is 0 Å². The van der Waals surface area contributed by atoms with E-state index in [9.17, 15) is 0 Å². The fraction of sp³-hybridized carbons (Fsp3) is 0.667. The van der Waals surface area contributed by atoms with Crippen molar-refractivity contribution in [3.63, 3.8) is 0 Å². The Hall–Kier alpha value is -0.860. The van der Waals surface area contributed by atoms with E-state index in [2.05, 4.69) is 22.2 Å². The van der Waals surface area contributed by atoms with Gasteiger partial charge in [0.1, 0.15) is 5.84 Å². The predicted molar refractivity (Wildman–Crippen MR) is 40.9 cm³/mol. The predicted octanol–water partition coefficient (Wildman–Crippen LogP) is 1.02. The zero-order chi connectivity index (χ0) is 7.28. The van der Waals surface area contributed by atoms with Crippen molar-refractivity contribution in [3.8, 4) is 0 Å². The van der Waals surface area contributed by atoms with Gasteiger partial charge >= 0.3 is 0 Å². The maximum Gasteiger partial charge on any atom is 0.114 e. The molecule has 0 saturated heterocycles. The van der Waals surface area contributed by atoms with Crippen LogP contribution in [0.2, 0.25) is 0 Å². The Bertz CT molecular complexity index is 115. The number of aliphatic imine (C=N–C) groups is 1. The van der Waals surface area contributed by atoms with E-state index in [-0.39, 0.29) is 0 Å². The zero-order valence-corrected chi connectivity index (χ0v) is 6.18. The highest BCUT2D eigenvalue weighted by Crippen LogP contribution is 1.85. The molecule has 0 amide bonds. The third kappa shape index (κ3) is 5.00. The van der Waals surface area contributed by atoms with Crippen LogP contribution in [-0.4, -0.2) is 18.6 Å². The Balaban J connectivity index is 3.68. The van der Waals surface area contributed by atoms with Crippen LogP contribution < -0.4 is 5.43 Å². The Morgan fingerprint density at radius 2 is 2.11 bits per heavy atom. The monoisotopic (exact) mass is 127 g/mol. The maximum absolute atomic E-state index is 4.14. The third-order valence-electron chi connectivity index (χ3n) is 0.693. The largest absolute Gasteiger partial charge is 0.269 e. The van der Waals surface area contributed by atoms with Crippen molar-refractivity contribution >= 4 is 12.6 Å². The summed E-state index contributed by atoms with van der Waals surface area (Å²) in [5.74, 6) is 0.806. The van der Waals surface area contributed by atoms with Crippen molar-refractivity contribution in [2.45, 2.75) is 26.8 Å². The minimum Gasteiger partial charge on any atom is -0.269 e. The number of nitrogens with zero attached hydrogens (tertiary/aromatic N) is 2. The molecule has 3 heteroatoms. The summed E-state index contributed by atoms with van der Waals surface area (Å²) >= 11 is 0. The molecule has 0 aliphatic rings. The Labute approximate surface area is 55.9 Å². The minimum atomic E-state index is 0.319. The summed E-state index contributed by atoms with van der Waals surface area (Å²) in [6.07, 6.45) is 0. The van der Waals surface area contributed by atoms with E-state index in [1.807, 2.05) is 20.8 Å². The summed E-state index contributed by atoms with van der Waals surface area (Å²) in [6.45, 7) is 9.14. The molecule has 9 heavy (non-hydrogen) atoms. The molecule has 3 nitrogen and oxygen atoms in total. The molecule has 52 valence electrons. The van der Waals surface area contributed by atoms with E-state index in [1.54, 1.807) is 0 Å². The topological polar surface area (TPSA) is 36.8 Å². The molecule has 0 spiro atoms. The van der Waals surface area contributed by atoms with E-state index in [4.69, 9.17) is 0 Å². The van der Waals surface area contributed by atoms with Gasteiger partial charge < -0.3 is 0 Å². The van der Waals surface area contributed by atoms with Gasteiger partial charge in [-0.2, -0.15) is 5.10 Å². The van der Waals surface area contributed by atoms with Gasteiger partial charge in [0, 0.05) is 12.8 Å². The van der Waals surface area contributed by atoms with Crippen molar-refractivity contribution in [1.82, 2.24) is 5.43 Å². The van der Waals surface area contributed by atoms with E-state index in [0.29, 0.717) is 6.04 Å². The average molecular weight is 127 g/mol. The lowest BCUT2D eigenvalue weighted by Gasteiger charge is -1.99. The fourth-order valence-corrected chi connectivity index (χ4v) is 0.531. The summed E-state index contributed by atoms with van der Waals surface area (Å²) in [6, 6.07) is 0.319. The summed E-state index contributed by atoms with van der Waals surface area (Å²) in [4.78, 5) is 4.14. The van der Waals surface area contributed by atoms with E-state index < -0.39 is 0 Å². The second-order valence-electron chi connectivity index (χ2n) is 2.08. The summed E-state index contributed by atoms with van der Waals surface area (Å²) in [7, 11) is 0. The molecular formula is C6H13N3. The number of hydrogen-bond donors (Lipinski definition) is 1. The number of hydrazone groups is 1. The first kappa shape index (κ1) is 8.14. The molecule has 1 N–H and O–H groups in total. The zero-order valence-electron chi connectivity index (χ0n) is 6.18. The number of hydrogen-bond acceptors (Lipinski definition) is 2. The highest BCUT2D eigenvalue weighted by molar-refractivity contribution is 5.79. The van der Waals surface area contributed by atoms with Gasteiger partial charge in [0.25, 0.3) is 0 Å². The van der Waals surface area contributed by atoms with Gasteiger partial charge in [-0.25, -0.2) is 0 Å². The standard InChI is InChI=1S/C6H13N3/c1-5(2)8-6(3)9-7-4/h5H,4H2,1-3H3,(H,8,9). The van der Waals surface area contributed by atoms with Crippen LogP contribution in [0.4, 0.5) is 0 Å². The molecule has 0 aromatic heterocycles. The molecule has 0 aliphatic carbocycles. The minimum absolute atomic E-state index is 0.319.